The monoisotopic (exact) mass is 428 g/mol. The Labute approximate surface area is 178 Å². The van der Waals surface area contributed by atoms with Crippen LogP contribution in [0.1, 0.15) is 25.4 Å². The Hall–Kier alpha value is -3.76. The van der Waals surface area contributed by atoms with Gasteiger partial charge in [0, 0.05) is 57.5 Å². The minimum absolute atomic E-state index is 0.168. The standard InChI is InChI=1S/C20H22F2N8O/c1-11-6-18(28-19(25-11)20(3,21)22)27-15-8-17(26-12(2)31)23-10-14(15)16-7-13(30(4)5)9-24-29-16/h6-10H,1-5H3,(H2,23,25,26,27,28,31). The minimum Gasteiger partial charge on any atom is -0.376 e. The normalized spacial score (nSPS) is 11.2. The van der Waals surface area contributed by atoms with Crippen molar-refractivity contribution < 1.29 is 13.6 Å². The minimum atomic E-state index is -3.20. The predicted octanol–water partition coefficient (Wildman–Crippen LogP) is 3.52. The molecule has 11 heteroatoms. The Kier molecular flexibility index (Phi) is 6.04. The number of alkyl halides is 2. The van der Waals surface area contributed by atoms with Crippen LogP contribution in [-0.2, 0) is 10.7 Å². The van der Waals surface area contributed by atoms with E-state index < -0.39 is 11.7 Å². The number of aromatic nitrogens is 5. The summed E-state index contributed by atoms with van der Waals surface area (Å²) >= 11 is 0. The lowest BCUT2D eigenvalue weighted by molar-refractivity contribution is -0.114. The number of halogens is 2. The van der Waals surface area contributed by atoms with Gasteiger partial charge in [-0.1, -0.05) is 0 Å². The molecular weight excluding hydrogens is 406 g/mol. The lowest BCUT2D eigenvalue weighted by Crippen LogP contribution is -2.15. The maximum Gasteiger partial charge on any atom is 0.303 e. The quantitative estimate of drug-likeness (QED) is 0.614. The van der Waals surface area contributed by atoms with Gasteiger partial charge >= 0.3 is 5.92 Å². The van der Waals surface area contributed by atoms with Crippen LogP contribution in [-0.4, -0.2) is 45.2 Å². The highest BCUT2D eigenvalue weighted by atomic mass is 19.3. The summed E-state index contributed by atoms with van der Waals surface area (Å²) in [7, 11) is 3.74. The van der Waals surface area contributed by atoms with Crippen molar-refractivity contribution in [1.29, 1.82) is 0 Å². The molecule has 0 aliphatic carbocycles. The van der Waals surface area contributed by atoms with Gasteiger partial charge in [-0.2, -0.15) is 19.0 Å². The molecular formula is C20H22F2N8O. The summed E-state index contributed by atoms with van der Waals surface area (Å²) < 4.78 is 27.6. The average molecular weight is 428 g/mol. The second-order valence-electron chi connectivity index (χ2n) is 7.22. The SMILES string of the molecule is CC(=O)Nc1cc(Nc2cc(C)nc(C(C)(F)F)n2)c(-c2cc(N(C)C)cnn2)cn1. The van der Waals surface area contributed by atoms with Crippen molar-refractivity contribution in [2.45, 2.75) is 26.7 Å². The number of carbonyl (C=O) groups is 1. The van der Waals surface area contributed by atoms with E-state index >= 15 is 0 Å². The van der Waals surface area contributed by atoms with E-state index in [1.807, 2.05) is 25.1 Å². The van der Waals surface area contributed by atoms with Crippen LogP contribution in [0.15, 0.2) is 30.6 Å². The zero-order chi connectivity index (χ0) is 22.8. The van der Waals surface area contributed by atoms with Gasteiger partial charge in [-0.05, 0) is 13.0 Å². The van der Waals surface area contributed by atoms with Gasteiger partial charge < -0.3 is 15.5 Å². The van der Waals surface area contributed by atoms with E-state index in [0.717, 1.165) is 12.6 Å². The second-order valence-corrected chi connectivity index (χ2v) is 7.22. The highest BCUT2D eigenvalue weighted by Crippen LogP contribution is 2.32. The zero-order valence-electron chi connectivity index (χ0n) is 17.7. The summed E-state index contributed by atoms with van der Waals surface area (Å²) in [6, 6.07) is 4.92. The van der Waals surface area contributed by atoms with Crippen LogP contribution in [0.25, 0.3) is 11.3 Å². The lowest BCUT2D eigenvalue weighted by Gasteiger charge is -2.16. The molecule has 9 nitrogen and oxygen atoms in total. The van der Waals surface area contributed by atoms with Crippen LogP contribution in [0, 0.1) is 6.92 Å². The number of amides is 1. The smallest absolute Gasteiger partial charge is 0.303 e. The lowest BCUT2D eigenvalue weighted by atomic mass is 10.1. The molecule has 3 rings (SSSR count). The van der Waals surface area contributed by atoms with Crippen molar-refractivity contribution in [3.63, 3.8) is 0 Å². The highest BCUT2D eigenvalue weighted by Gasteiger charge is 2.29. The maximum absolute atomic E-state index is 13.8. The molecule has 162 valence electrons. The average Bonchev–Trinajstić information content (AvgIpc) is 2.66. The van der Waals surface area contributed by atoms with Crippen molar-refractivity contribution in [3.05, 3.63) is 42.1 Å². The third kappa shape index (κ3) is 5.44. The number of rotatable bonds is 6. The van der Waals surface area contributed by atoms with E-state index in [9.17, 15) is 13.6 Å². The van der Waals surface area contributed by atoms with Crippen LogP contribution in [0.4, 0.5) is 31.8 Å². The van der Waals surface area contributed by atoms with Gasteiger partial charge in [0.25, 0.3) is 0 Å². The first-order chi connectivity index (χ1) is 14.5. The van der Waals surface area contributed by atoms with Gasteiger partial charge in [-0.15, -0.1) is 0 Å². The molecule has 0 unspecified atom stereocenters. The first kappa shape index (κ1) is 21.9. The van der Waals surface area contributed by atoms with Crippen LogP contribution < -0.4 is 15.5 Å². The number of anilines is 4. The third-order valence-corrected chi connectivity index (χ3v) is 4.15. The molecule has 0 fully saturated rings. The number of carbonyl (C=O) groups excluding carboxylic acids is 1. The van der Waals surface area contributed by atoms with Gasteiger partial charge in [0.2, 0.25) is 11.7 Å². The highest BCUT2D eigenvalue weighted by molar-refractivity contribution is 5.90. The van der Waals surface area contributed by atoms with E-state index in [4.69, 9.17) is 0 Å². The fourth-order valence-electron chi connectivity index (χ4n) is 2.71. The van der Waals surface area contributed by atoms with Crippen LogP contribution >= 0.6 is 0 Å². The number of hydrogen-bond donors (Lipinski definition) is 2. The molecule has 31 heavy (non-hydrogen) atoms. The molecule has 2 N–H and O–H groups in total. The molecule has 0 saturated heterocycles. The number of hydrogen-bond acceptors (Lipinski definition) is 8. The number of nitrogens with zero attached hydrogens (tertiary/aromatic N) is 6. The molecule has 0 atom stereocenters. The molecule has 0 bridgehead atoms. The van der Waals surface area contributed by atoms with Gasteiger partial charge in [0.15, 0.2) is 0 Å². The fourth-order valence-corrected chi connectivity index (χ4v) is 2.71. The summed E-state index contributed by atoms with van der Waals surface area (Å²) in [6.07, 6.45) is 3.12. The number of aryl methyl sites for hydroxylation is 1. The van der Waals surface area contributed by atoms with E-state index in [0.29, 0.717) is 22.6 Å². The van der Waals surface area contributed by atoms with Gasteiger partial charge in [0.1, 0.15) is 11.6 Å². The molecule has 0 aromatic carbocycles. The zero-order valence-corrected chi connectivity index (χ0v) is 17.7. The van der Waals surface area contributed by atoms with E-state index in [-0.39, 0.29) is 17.5 Å². The fraction of sp³-hybridized carbons (Fsp3) is 0.300. The Balaban J connectivity index is 2.10. The van der Waals surface area contributed by atoms with Gasteiger partial charge in [-0.3, -0.25) is 4.79 Å². The number of nitrogens with one attached hydrogen (secondary N) is 2. The molecule has 0 aliphatic rings. The van der Waals surface area contributed by atoms with Crippen molar-refractivity contribution >= 4 is 28.9 Å². The van der Waals surface area contributed by atoms with Crippen molar-refractivity contribution in [2.75, 3.05) is 29.6 Å². The topological polar surface area (TPSA) is 109 Å². The Morgan fingerprint density at radius 2 is 1.84 bits per heavy atom. The molecule has 3 heterocycles. The van der Waals surface area contributed by atoms with Crippen LogP contribution in [0.2, 0.25) is 0 Å². The van der Waals surface area contributed by atoms with Gasteiger partial charge in [-0.25, -0.2) is 15.0 Å². The van der Waals surface area contributed by atoms with Crippen molar-refractivity contribution in [3.8, 4) is 11.3 Å². The van der Waals surface area contributed by atoms with E-state index in [1.165, 1.54) is 13.1 Å². The molecule has 0 aliphatic heterocycles. The summed E-state index contributed by atoms with van der Waals surface area (Å²) in [6.45, 7) is 3.70. The molecule has 3 aromatic heterocycles. The summed E-state index contributed by atoms with van der Waals surface area (Å²) in [5, 5.41) is 13.8. The van der Waals surface area contributed by atoms with Gasteiger partial charge in [0.05, 0.1) is 23.3 Å². The summed E-state index contributed by atoms with van der Waals surface area (Å²) in [4.78, 5) is 25.3. The van der Waals surface area contributed by atoms with Crippen molar-refractivity contribution in [2.24, 2.45) is 0 Å². The molecule has 0 saturated carbocycles. The summed E-state index contributed by atoms with van der Waals surface area (Å²) in [5.41, 5.74) is 2.69. The first-order valence-electron chi connectivity index (χ1n) is 9.32. The summed E-state index contributed by atoms with van der Waals surface area (Å²) in [5.74, 6) is -3.64. The first-order valence-corrected chi connectivity index (χ1v) is 9.32. The maximum atomic E-state index is 13.8. The van der Waals surface area contributed by atoms with E-state index in [1.54, 1.807) is 25.3 Å². The van der Waals surface area contributed by atoms with Crippen LogP contribution in [0.5, 0.6) is 0 Å². The Morgan fingerprint density at radius 3 is 2.48 bits per heavy atom. The van der Waals surface area contributed by atoms with Crippen molar-refractivity contribution in [1.82, 2.24) is 25.1 Å². The van der Waals surface area contributed by atoms with Crippen LogP contribution in [0.3, 0.4) is 0 Å². The second kappa shape index (κ2) is 8.54. The van der Waals surface area contributed by atoms with E-state index in [2.05, 4.69) is 35.8 Å². The Morgan fingerprint density at radius 1 is 1.10 bits per heavy atom. The third-order valence-electron chi connectivity index (χ3n) is 4.15. The molecule has 0 spiro atoms. The molecule has 0 radical (unpaired) electrons. The number of pyridine rings is 1. The largest absolute Gasteiger partial charge is 0.376 e. The Bertz CT molecular complexity index is 1110. The molecule has 1 amide bonds. The predicted molar refractivity (Wildman–Crippen MR) is 114 cm³/mol. The molecule has 3 aromatic rings.